The smallest absolute Gasteiger partial charge is 0.173 e. The van der Waals surface area contributed by atoms with Crippen molar-refractivity contribution in [1.29, 1.82) is 0 Å². The molecule has 1 saturated heterocycles. The van der Waals surface area contributed by atoms with Gasteiger partial charge in [-0.1, -0.05) is 6.08 Å². The molecule has 7 heteroatoms. The number of rotatable bonds is 4. The molecule has 2 aromatic rings. The molecule has 1 aromatic heterocycles. The number of sulfone groups is 1. The molecule has 0 radical (unpaired) electrons. The van der Waals surface area contributed by atoms with E-state index in [1.807, 2.05) is 16.9 Å². The normalized spacial score (nSPS) is 23.2. The molecule has 2 aliphatic heterocycles. The minimum absolute atomic E-state index is 0.0325. The van der Waals surface area contributed by atoms with Crippen molar-refractivity contribution in [2.24, 2.45) is 0 Å². The van der Waals surface area contributed by atoms with Crippen LogP contribution in [0.15, 0.2) is 54.2 Å². The highest BCUT2D eigenvalue weighted by Crippen LogP contribution is 2.22. The van der Waals surface area contributed by atoms with Gasteiger partial charge in [0.05, 0.1) is 11.4 Å². The number of nitrogens with zero attached hydrogens (tertiary/aromatic N) is 3. The summed E-state index contributed by atoms with van der Waals surface area (Å²) in [6.07, 6.45) is 7.52. The van der Waals surface area contributed by atoms with Crippen molar-refractivity contribution in [2.75, 3.05) is 23.7 Å². The van der Waals surface area contributed by atoms with E-state index < -0.39 is 9.84 Å². The summed E-state index contributed by atoms with van der Waals surface area (Å²) >= 11 is 0. The SMILES string of the molecule is O=S1(=O)C=C[C@@H](NC2CCN(c3ccc(-n4cccn4)cc3)CC2)C1. The first kappa shape index (κ1) is 16.4. The van der Waals surface area contributed by atoms with Crippen LogP contribution in [0.25, 0.3) is 5.69 Å². The second-order valence-electron chi connectivity index (χ2n) is 6.66. The fraction of sp³-hybridized carbons (Fsp3) is 0.389. The van der Waals surface area contributed by atoms with Crippen molar-refractivity contribution in [2.45, 2.75) is 24.9 Å². The van der Waals surface area contributed by atoms with Crippen LogP contribution in [-0.4, -0.2) is 49.1 Å². The van der Waals surface area contributed by atoms with E-state index in [1.54, 1.807) is 12.3 Å². The van der Waals surface area contributed by atoms with E-state index in [4.69, 9.17) is 0 Å². The van der Waals surface area contributed by atoms with Crippen LogP contribution in [-0.2, 0) is 9.84 Å². The minimum atomic E-state index is -2.98. The van der Waals surface area contributed by atoms with Crippen molar-refractivity contribution in [3.8, 4) is 5.69 Å². The molecule has 0 saturated carbocycles. The fourth-order valence-corrected chi connectivity index (χ4v) is 4.77. The average Bonchev–Trinajstić information content (AvgIpc) is 3.26. The molecular weight excluding hydrogens is 336 g/mol. The van der Waals surface area contributed by atoms with Crippen LogP contribution in [0.2, 0.25) is 0 Å². The van der Waals surface area contributed by atoms with E-state index in [0.717, 1.165) is 31.6 Å². The van der Waals surface area contributed by atoms with Gasteiger partial charge < -0.3 is 10.2 Å². The highest BCUT2D eigenvalue weighted by Gasteiger charge is 2.26. The Morgan fingerprint density at radius 2 is 1.80 bits per heavy atom. The van der Waals surface area contributed by atoms with Crippen LogP contribution in [0.4, 0.5) is 5.69 Å². The van der Waals surface area contributed by atoms with Crippen molar-refractivity contribution >= 4 is 15.5 Å². The Morgan fingerprint density at radius 3 is 2.40 bits per heavy atom. The lowest BCUT2D eigenvalue weighted by molar-refractivity contribution is 0.401. The molecular formula is C18H22N4O2S. The van der Waals surface area contributed by atoms with Crippen LogP contribution >= 0.6 is 0 Å². The first-order chi connectivity index (χ1) is 12.1. The Bertz CT molecular complexity index is 836. The largest absolute Gasteiger partial charge is 0.371 e. The summed E-state index contributed by atoms with van der Waals surface area (Å²) in [4.78, 5) is 2.38. The molecule has 25 heavy (non-hydrogen) atoms. The first-order valence-corrected chi connectivity index (χ1v) is 10.3. The molecule has 0 spiro atoms. The Kier molecular flexibility index (Phi) is 4.35. The van der Waals surface area contributed by atoms with Crippen LogP contribution in [0.5, 0.6) is 0 Å². The third-order valence-corrected chi connectivity index (χ3v) is 6.25. The third kappa shape index (κ3) is 3.77. The molecule has 4 rings (SSSR count). The van der Waals surface area contributed by atoms with Crippen LogP contribution < -0.4 is 10.2 Å². The zero-order valence-corrected chi connectivity index (χ0v) is 14.8. The lowest BCUT2D eigenvalue weighted by Crippen LogP contribution is -2.46. The molecule has 6 nitrogen and oxygen atoms in total. The van der Waals surface area contributed by atoms with Crippen molar-refractivity contribution in [3.63, 3.8) is 0 Å². The molecule has 1 fully saturated rings. The second kappa shape index (κ2) is 6.65. The molecule has 0 unspecified atom stereocenters. The molecule has 1 aromatic carbocycles. The monoisotopic (exact) mass is 358 g/mol. The molecule has 0 aliphatic carbocycles. The van der Waals surface area contributed by atoms with Gasteiger partial charge in [0.1, 0.15) is 0 Å². The summed E-state index contributed by atoms with van der Waals surface area (Å²) < 4.78 is 24.8. The maximum absolute atomic E-state index is 11.5. The molecule has 3 heterocycles. The second-order valence-corrected chi connectivity index (χ2v) is 8.59. The van der Waals surface area contributed by atoms with Gasteiger partial charge in [0.15, 0.2) is 9.84 Å². The van der Waals surface area contributed by atoms with Gasteiger partial charge in [-0.2, -0.15) is 5.10 Å². The molecule has 2 aliphatic rings. The number of piperidine rings is 1. The zero-order valence-electron chi connectivity index (χ0n) is 14.0. The van der Waals surface area contributed by atoms with Gasteiger partial charge >= 0.3 is 0 Å². The molecule has 0 bridgehead atoms. The Balaban J connectivity index is 1.32. The first-order valence-electron chi connectivity index (χ1n) is 8.61. The lowest BCUT2D eigenvalue weighted by Gasteiger charge is -2.35. The number of nitrogens with one attached hydrogen (secondary N) is 1. The highest BCUT2D eigenvalue weighted by atomic mass is 32.2. The van der Waals surface area contributed by atoms with Gasteiger partial charge in [0.2, 0.25) is 0 Å². The number of aromatic nitrogens is 2. The van der Waals surface area contributed by atoms with E-state index in [0.29, 0.717) is 6.04 Å². The highest BCUT2D eigenvalue weighted by molar-refractivity contribution is 7.94. The van der Waals surface area contributed by atoms with E-state index >= 15 is 0 Å². The summed E-state index contributed by atoms with van der Waals surface area (Å²) in [5.41, 5.74) is 2.28. The summed E-state index contributed by atoms with van der Waals surface area (Å²) in [5, 5.41) is 9.05. The fourth-order valence-electron chi connectivity index (χ4n) is 3.52. The van der Waals surface area contributed by atoms with Crippen LogP contribution in [0, 0.1) is 0 Å². The number of hydrogen-bond donors (Lipinski definition) is 1. The maximum atomic E-state index is 11.5. The van der Waals surface area contributed by atoms with Crippen LogP contribution in [0.1, 0.15) is 12.8 Å². The summed E-state index contributed by atoms with van der Waals surface area (Å²) in [6, 6.07) is 10.7. The zero-order chi connectivity index (χ0) is 17.3. The van der Waals surface area contributed by atoms with Crippen molar-refractivity contribution in [3.05, 3.63) is 54.2 Å². The molecule has 132 valence electrons. The predicted molar refractivity (Wildman–Crippen MR) is 98.6 cm³/mol. The lowest BCUT2D eigenvalue weighted by atomic mass is 10.0. The molecule has 1 atom stereocenters. The van der Waals surface area contributed by atoms with Gasteiger partial charge in [0, 0.05) is 48.7 Å². The average molecular weight is 358 g/mol. The van der Waals surface area contributed by atoms with Gasteiger partial charge in [-0.25, -0.2) is 13.1 Å². The Hall–Kier alpha value is -2.12. The molecule has 0 amide bonds. The molecule has 1 N–H and O–H groups in total. The van der Waals surface area contributed by atoms with Gasteiger partial charge in [-0.15, -0.1) is 0 Å². The van der Waals surface area contributed by atoms with Crippen LogP contribution in [0.3, 0.4) is 0 Å². The van der Waals surface area contributed by atoms with E-state index in [2.05, 4.69) is 39.6 Å². The summed E-state index contributed by atoms with van der Waals surface area (Å²) in [6.45, 7) is 1.95. The Morgan fingerprint density at radius 1 is 1.08 bits per heavy atom. The van der Waals surface area contributed by atoms with Crippen molar-refractivity contribution in [1.82, 2.24) is 15.1 Å². The minimum Gasteiger partial charge on any atom is -0.371 e. The van der Waals surface area contributed by atoms with E-state index in [1.165, 1.54) is 11.1 Å². The summed E-state index contributed by atoms with van der Waals surface area (Å²) in [5.74, 6) is 0.197. The van der Waals surface area contributed by atoms with Gasteiger partial charge in [-0.05, 0) is 43.2 Å². The number of hydrogen-bond acceptors (Lipinski definition) is 5. The predicted octanol–water partition coefficient (Wildman–Crippen LogP) is 1.74. The maximum Gasteiger partial charge on any atom is 0.173 e. The summed E-state index contributed by atoms with van der Waals surface area (Å²) in [7, 11) is -2.98. The Labute approximate surface area is 148 Å². The number of benzene rings is 1. The van der Waals surface area contributed by atoms with E-state index in [-0.39, 0.29) is 11.8 Å². The topological polar surface area (TPSA) is 67.2 Å². The number of anilines is 1. The third-order valence-electron chi connectivity index (χ3n) is 4.86. The quantitative estimate of drug-likeness (QED) is 0.902. The standard InChI is InChI=1S/C18H22N4O2S/c23-25(24)13-8-16(14-25)20-15-6-11-21(12-7-15)17-2-4-18(5-3-17)22-10-1-9-19-22/h1-5,8-10,13,15-16,20H,6-7,11-12,14H2/t16-/m1/s1. The van der Waals surface area contributed by atoms with Crippen molar-refractivity contribution < 1.29 is 8.42 Å². The van der Waals surface area contributed by atoms with Gasteiger partial charge in [0.25, 0.3) is 0 Å². The van der Waals surface area contributed by atoms with E-state index in [9.17, 15) is 8.42 Å². The van der Waals surface area contributed by atoms with Gasteiger partial charge in [-0.3, -0.25) is 0 Å².